The van der Waals surface area contributed by atoms with Gasteiger partial charge < -0.3 is 15.1 Å². The second-order valence-corrected chi connectivity index (χ2v) is 7.82. The van der Waals surface area contributed by atoms with Crippen LogP contribution in [0.3, 0.4) is 0 Å². The van der Waals surface area contributed by atoms with Gasteiger partial charge in [-0.15, -0.1) is 24.8 Å². The van der Waals surface area contributed by atoms with Crippen molar-refractivity contribution < 1.29 is 4.79 Å². The third-order valence-electron chi connectivity index (χ3n) is 5.79. The molecule has 2 saturated heterocycles. The number of piperazine rings is 1. The highest BCUT2D eigenvalue weighted by Crippen LogP contribution is 2.19. The van der Waals surface area contributed by atoms with Gasteiger partial charge in [-0.2, -0.15) is 0 Å². The van der Waals surface area contributed by atoms with E-state index in [2.05, 4.69) is 41.2 Å². The van der Waals surface area contributed by atoms with Gasteiger partial charge in [0, 0.05) is 51.4 Å². The molecule has 160 valence electrons. The summed E-state index contributed by atoms with van der Waals surface area (Å²) < 4.78 is 0. The van der Waals surface area contributed by atoms with Gasteiger partial charge in [-0.25, -0.2) is 0 Å². The average molecular weight is 431 g/mol. The van der Waals surface area contributed by atoms with E-state index in [0.717, 1.165) is 77.3 Å². The molecule has 7 heteroatoms. The Balaban J connectivity index is 0.00000196. The molecule has 0 aromatic heterocycles. The van der Waals surface area contributed by atoms with E-state index in [9.17, 15) is 4.79 Å². The molecule has 28 heavy (non-hydrogen) atoms. The van der Waals surface area contributed by atoms with Gasteiger partial charge in [-0.05, 0) is 56.6 Å². The standard InChI is InChI=1S/C21H34N4O.2ClH/c1-3-22-16-18-8-10-25(11-9-18)21(26)20-6-4-19(5-7-20)17-24-14-12-23(2)13-15-24;;/h4-7,18,22H,3,8-17H2,1-2H3;2*1H. The molecule has 0 spiro atoms. The molecular formula is C21H36Cl2N4O. The van der Waals surface area contributed by atoms with Crippen molar-refractivity contribution >= 4 is 30.7 Å². The van der Waals surface area contributed by atoms with Gasteiger partial charge >= 0.3 is 0 Å². The van der Waals surface area contributed by atoms with Gasteiger partial charge in [0.15, 0.2) is 0 Å². The first kappa shape index (κ1) is 25.2. The number of halogens is 2. The third kappa shape index (κ3) is 7.20. The number of benzene rings is 1. The molecule has 2 aliphatic rings. The molecule has 2 heterocycles. The Morgan fingerprint density at radius 2 is 1.61 bits per heavy atom. The maximum atomic E-state index is 12.8. The lowest BCUT2D eigenvalue weighted by Gasteiger charge is -2.33. The van der Waals surface area contributed by atoms with E-state index in [1.807, 2.05) is 17.0 Å². The van der Waals surface area contributed by atoms with Crippen LogP contribution in [0.1, 0.15) is 35.7 Å². The molecule has 2 aliphatic heterocycles. The fourth-order valence-corrected chi connectivity index (χ4v) is 3.89. The Bertz CT molecular complexity index is 568. The number of piperidine rings is 1. The summed E-state index contributed by atoms with van der Waals surface area (Å²) in [7, 11) is 2.18. The predicted octanol–water partition coefficient (Wildman–Crippen LogP) is 2.74. The number of carbonyl (C=O) groups excluding carboxylic acids is 1. The zero-order valence-electron chi connectivity index (χ0n) is 17.2. The average Bonchev–Trinajstić information content (AvgIpc) is 2.68. The Morgan fingerprint density at radius 1 is 1.00 bits per heavy atom. The number of rotatable bonds is 6. The van der Waals surface area contributed by atoms with E-state index in [0.29, 0.717) is 5.92 Å². The number of carbonyl (C=O) groups is 1. The third-order valence-corrected chi connectivity index (χ3v) is 5.79. The van der Waals surface area contributed by atoms with Gasteiger partial charge in [-0.3, -0.25) is 9.69 Å². The summed E-state index contributed by atoms with van der Waals surface area (Å²) in [6.07, 6.45) is 2.22. The lowest BCUT2D eigenvalue weighted by Crippen LogP contribution is -2.43. The highest BCUT2D eigenvalue weighted by molar-refractivity contribution is 5.94. The summed E-state index contributed by atoms with van der Waals surface area (Å²) in [5.41, 5.74) is 2.13. The van der Waals surface area contributed by atoms with Crippen LogP contribution in [0.4, 0.5) is 0 Å². The summed E-state index contributed by atoms with van der Waals surface area (Å²) in [5, 5.41) is 3.43. The van der Waals surface area contributed by atoms with Crippen LogP contribution in [-0.4, -0.2) is 80.0 Å². The monoisotopic (exact) mass is 430 g/mol. The van der Waals surface area contributed by atoms with Crippen LogP contribution in [0.5, 0.6) is 0 Å². The Labute approximate surface area is 182 Å². The van der Waals surface area contributed by atoms with Crippen molar-refractivity contribution in [3.8, 4) is 0 Å². The Kier molecular flexibility index (Phi) is 11.4. The first-order chi connectivity index (χ1) is 12.7. The topological polar surface area (TPSA) is 38.8 Å². The van der Waals surface area contributed by atoms with Crippen molar-refractivity contribution in [3.05, 3.63) is 35.4 Å². The summed E-state index contributed by atoms with van der Waals surface area (Å²) in [5.74, 6) is 0.906. The van der Waals surface area contributed by atoms with Crippen molar-refractivity contribution in [1.29, 1.82) is 0 Å². The SMILES string of the molecule is CCNCC1CCN(C(=O)c2ccc(CN3CCN(C)CC3)cc2)CC1.Cl.Cl. The van der Waals surface area contributed by atoms with Gasteiger partial charge in [0.2, 0.25) is 0 Å². The highest BCUT2D eigenvalue weighted by atomic mass is 35.5. The van der Waals surface area contributed by atoms with Crippen molar-refractivity contribution in [2.24, 2.45) is 5.92 Å². The summed E-state index contributed by atoms with van der Waals surface area (Å²) in [4.78, 5) is 19.6. The van der Waals surface area contributed by atoms with Crippen LogP contribution in [0.25, 0.3) is 0 Å². The summed E-state index contributed by atoms with van der Waals surface area (Å²) >= 11 is 0. The fourth-order valence-electron chi connectivity index (χ4n) is 3.89. The molecule has 2 fully saturated rings. The smallest absolute Gasteiger partial charge is 0.253 e. The van der Waals surface area contributed by atoms with Crippen LogP contribution < -0.4 is 5.32 Å². The molecular weight excluding hydrogens is 395 g/mol. The first-order valence-electron chi connectivity index (χ1n) is 10.2. The van der Waals surface area contributed by atoms with Gasteiger partial charge in [0.25, 0.3) is 5.91 Å². The number of hydrogen-bond acceptors (Lipinski definition) is 4. The van der Waals surface area contributed by atoms with E-state index in [4.69, 9.17) is 0 Å². The Hall–Kier alpha value is -0.850. The summed E-state index contributed by atoms with van der Waals surface area (Å²) in [6.45, 7) is 11.5. The lowest BCUT2D eigenvalue weighted by atomic mass is 9.96. The van der Waals surface area contributed by atoms with Crippen molar-refractivity contribution in [2.45, 2.75) is 26.3 Å². The lowest BCUT2D eigenvalue weighted by molar-refractivity contribution is 0.0690. The normalized spacial score (nSPS) is 19.0. The fraction of sp³-hybridized carbons (Fsp3) is 0.667. The largest absolute Gasteiger partial charge is 0.339 e. The molecule has 0 unspecified atom stereocenters. The Morgan fingerprint density at radius 3 is 2.18 bits per heavy atom. The van der Waals surface area contributed by atoms with Crippen molar-refractivity contribution in [2.75, 3.05) is 59.4 Å². The molecule has 1 amide bonds. The maximum absolute atomic E-state index is 12.8. The molecule has 0 atom stereocenters. The number of likely N-dealkylation sites (tertiary alicyclic amines) is 1. The summed E-state index contributed by atoms with van der Waals surface area (Å²) in [6, 6.07) is 8.28. The molecule has 0 saturated carbocycles. The van der Waals surface area contributed by atoms with Crippen LogP contribution >= 0.6 is 24.8 Å². The minimum atomic E-state index is 0. The molecule has 0 bridgehead atoms. The van der Waals surface area contributed by atoms with Gasteiger partial charge in [0.05, 0.1) is 0 Å². The van der Waals surface area contributed by atoms with Crippen LogP contribution in [0.15, 0.2) is 24.3 Å². The molecule has 0 aliphatic carbocycles. The minimum Gasteiger partial charge on any atom is -0.339 e. The number of hydrogen-bond donors (Lipinski definition) is 1. The zero-order chi connectivity index (χ0) is 18.4. The molecule has 3 rings (SSSR count). The van der Waals surface area contributed by atoms with Gasteiger partial charge in [0.1, 0.15) is 0 Å². The van der Waals surface area contributed by atoms with E-state index in [1.165, 1.54) is 5.56 Å². The minimum absolute atomic E-state index is 0. The number of likely N-dealkylation sites (N-methyl/N-ethyl adjacent to an activating group) is 1. The van der Waals surface area contributed by atoms with Crippen LogP contribution in [0.2, 0.25) is 0 Å². The molecule has 0 radical (unpaired) electrons. The zero-order valence-corrected chi connectivity index (χ0v) is 18.9. The van der Waals surface area contributed by atoms with Crippen molar-refractivity contribution in [3.63, 3.8) is 0 Å². The molecule has 1 N–H and O–H groups in total. The molecule has 1 aromatic carbocycles. The van der Waals surface area contributed by atoms with Crippen LogP contribution in [-0.2, 0) is 6.54 Å². The quantitative estimate of drug-likeness (QED) is 0.752. The van der Waals surface area contributed by atoms with E-state index >= 15 is 0 Å². The van der Waals surface area contributed by atoms with E-state index < -0.39 is 0 Å². The van der Waals surface area contributed by atoms with E-state index in [-0.39, 0.29) is 30.7 Å². The maximum Gasteiger partial charge on any atom is 0.253 e. The van der Waals surface area contributed by atoms with Crippen molar-refractivity contribution in [1.82, 2.24) is 20.0 Å². The molecule has 5 nitrogen and oxygen atoms in total. The second-order valence-electron chi connectivity index (χ2n) is 7.82. The molecule has 1 aromatic rings. The predicted molar refractivity (Wildman–Crippen MR) is 121 cm³/mol. The van der Waals surface area contributed by atoms with Crippen LogP contribution in [0, 0.1) is 5.92 Å². The number of amides is 1. The van der Waals surface area contributed by atoms with E-state index in [1.54, 1.807) is 0 Å². The number of nitrogens with zero attached hydrogens (tertiary/aromatic N) is 3. The number of nitrogens with one attached hydrogen (secondary N) is 1. The highest BCUT2D eigenvalue weighted by Gasteiger charge is 2.23. The second kappa shape index (κ2) is 12.7. The van der Waals surface area contributed by atoms with Gasteiger partial charge in [-0.1, -0.05) is 19.1 Å². The first-order valence-corrected chi connectivity index (χ1v) is 10.2.